The van der Waals surface area contributed by atoms with Gasteiger partial charge < -0.3 is 9.88 Å². The SMILES string of the molecule is CNCc1nc(-c2ccc(Br)s2)c2n1CCC2. The highest BCUT2D eigenvalue weighted by atomic mass is 79.9. The molecule has 0 saturated heterocycles. The van der Waals surface area contributed by atoms with Crippen molar-refractivity contribution < 1.29 is 0 Å². The molecule has 90 valence electrons. The number of nitrogens with zero attached hydrogens (tertiary/aromatic N) is 2. The highest BCUT2D eigenvalue weighted by Crippen LogP contribution is 2.35. The minimum absolute atomic E-state index is 0.847. The Morgan fingerprint density at radius 3 is 3.12 bits per heavy atom. The number of hydrogen-bond donors (Lipinski definition) is 1. The number of rotatable bonds is 3. The highest BCUT2D eigenvalue weighted by Gasteiger charge is 2.22. The Morgan fingerprint density at radius 2 is 2.41 bits per heavy atom. The normalized spacial score (nSPS) is 14.2. The van der Waals surface area contributed by atoms with Crippen LogP contribution < -0.4 is 5.32 Å². The van der Waals surface area contributed by atoms with Crippen LogP contribution in [0.1, 0.15) is 17.9 Å². The monoisotopic (exact) mass is 311 g/mol. The van der Waals surface area contributed by atoms with Gasteiger partial charge in [-0.1, -0.05) is 0 Å². The van der Waals surface area contributed by atoms with Gasteiger partial charge >= 0.3 is 0 Å². The van der Waals surface area contributed by atoms with Crippen molar-refractivity contribution in [2.45, 2.75) is 25.9 Å². The molecular weight excluding hydrogens is 298 g/mol. The molecule has 0 radical (unpaired) electrons. The van der Waals surface area contributed by atoms with E-state index in [-0.39, 0.29) is 0 Å². The average Bonchev–Trinajstić information content (AvgIpc) is 2.96. The molecule has 5 heteroatoms. The fourth-order valence-corrected chi connectivity index (χ4v) is 3.79. The smallest absolute Gasteiger partial charge is 0.123 e. The van der Waals surface area contributed by atoms with Gasteiger partial charge in [0.05, 0.1) is 15.2 Å². The molecule has 1 aliphatic heterocycles. The Bertz CT molecular complexity index is 544. The maximum Gasteiger partial charge on any atom is 0.123 e. The van der Waals surface area contributed by atoms with Gasteiger partial charge in [0.1, 0.15) is 11.5 Å². The lowest BCUT2D eigenvalue weighted by molar-refractivity contribution is 0.653. The van der Waals surface area contributed by atoms with Crippen LogP contribution in [0.15, 0.2) is 15.9 Å². The Balaban J connectivity index is 2.08. The molecule has 3 nitrogen and oxygen atoms in total. The lowest BCUT2D eigenvalue weighted by Gasteiger charge is -2.01. The van der Waals surface area contributed by atoms with Gasteiger partial charge in [-0.3, -0.25) is 0 Å². The molecule has 0 fully saturated rings. The zero-order valence-corrected chi connectivity index (χ0v) is 12.1. The predicted octanol–water partition coefficient (Wildman–Crippen LogP) is 3.04. The summed E-state index contributed by atoms with van der Waals surface area (Å²) in [6, 6.07) is 4.25. The first kappa shape index (κ1) is 11.4. The first-order chi connectivity index (χ1) is 8.29. The lowest BCUT2D eigenvalue weighted by atomic mass is 10.2. The van der Waals surface area contributed by atoms with Crippen LogP contribution in [0.2, 0.25) is 0 Å². The molecule has 17 heavy (non-hydrogen) atoms. The summed E-state index contributed by atoms with van der Waals surface area (Å²) in [6.07, 6.45) is 2.40. The van der Waals surface area contributed by atoms with Crippen molar-refractivity contribution in [2.75, 3.05) is 7.05 Å². The summed E-state index contributed by atoms with van der Waals surface area (Å²) in [4.78, 5) is 6.06. The molecule has 1 N–H and O–H groups in total. The lowest BCUT2D eigenvalue weighted by Crippen LogP contribution is -2.11. The van der Waals surface area contributed by atoms with Crippen LogP contribution >= 0.6 is 27.3 Å². The van der Waals surface area contributed by atoms with E-state index < -0.39 is 0 Å². The van der Waals surface area contributed by atoms with Crippen LogP contribution in [0.5, 0.6) is 0 Å². The number of nitrogens with one attached hydrogen (secondary N) is 1. The van der Waals surface area contributed by atoms with E-state index in [2.05, 4.69) is 37.9 Å². The first-order valence-electron chi connectivity index (χ1n) is 5.78. The van der Waals surface area contributed by atoms with Crippen molar-refractivity contribution in [2.24, 2.45) is 0 Å². The van der Waals surface area contributed by atoms with E-state index in [1.807, 2.05) is 7.05 Å². The Kier molecular flexibility index (Phi) is 3.06. The summed E-state index contributed by atoms with van der Waals surface area (Å²) in [5.41, 5.74) is 2.59. The molecule has 0 spiro atoms. The van der Waals surface area contributed by atoms with E-state index in [4.69, 9.17) is 4.98 Å². The third-order valence-corrected chi connectivity index (χ3v) is 4.72. The van der Waals surface area contributed by atoms with Crippen LogP contribution in [0, 0.1) is 0 Å². The molecule has 2 aromatic rings. The summed E-state index contributed by atoms with van der Waals surface area (Å²) in [6.45, 7) is 1.96. The average molecular weight is 312 g/mol. The molecule has 1 aliphatic rings. The molecule has 0 saturated carbocycles. The van der Waals surface area contributed by atoms with E-state index >= 15 is 0 Å². The fourth-order valence-electron chi connectivity index (χ4n) is 2.39. The van der Waals surface area contributed by atoms with Crippen molar-refractivity contribution in [1.82, 2.24) is 14.9 Å². The zero-order chi connectivity index (χ0) is 11.8. The van der Waals surface area contributed by atoms with Gasteiger partial charge in [-0.15, -0.1) is 11.3 Å². The van der Waals surface area contributed by atoms with Gasteiger partial charge in [0.2, 0.25) is 0 Å². The second-order valence-electron chi connectivity index (χ2n) is 4.21. The Hall–Kier alpha value is -0.650. The number of halogens is 1. The molecule has 0 aromatic carbocycles. The van der Waals surface area contributed by atoms with Gasteiger partial charge in [-0.05, 0) is 48.0 Å². The molecule has 0 aliphatic carbocycles. The molecular formula is C12H14BrN3S. The molecule has 3 rings (SSSR count). The predicted molar refractivity (Wildman–Crippen MR) is 74.3 cm³/mol. The summed E-state index contributed by atoms with van der Waals surface area (Å²) in [5.74, 6) is 1.17. The number of hydrogen-bond acceptors (Lipinski definition) is 3. The largest absolute Gasteiger partial charge is 0.330 e. The van der Waals surface area contributed by atoms with Crippen LogP contribution in [-0.4, -0.2) is 16.6 Å². The summed E-state index contributed by atoms with van der Waals surface area (Å²) in [7, 11) is 1.97. The molecule has 0 atom stereocenters. The molecule has 0 amide bonds. The van der Waals surface area contributed by atoms with E-state index in [0.717, 1.165) is 19.5 Å². The van der Waals surface area contributed by atoms with Crippen LogP contribution in [0.4, 0.5) is 0 Å². The van der Waals surface area contributed by atoms with E-state index in [0.29, 0.717) is 0 Å². The van der Waals surface area contributed by atoms with Crippen LogP contribution in [-0.2, 0) is 19.5 Å². The van der Waals surface area contributed by atoms with Crippen molar-refractivity contribution in [3.8, 4) is 10.6 Å². The van der Waals surface area contributed by atoms with Gasteiger partial charge in [0, 0.05) is 12.2 Å². The number of fused-ring (bicyclic) bond motifs is 1. The van der Waals surface area contributed by atoms with E-state index in [1.165, 1.54) is 32.3 Å². The third kappa shape index (κ3) is 1.96. The van der Waals surface area contributed by atoms with E-state index in [1.54, 1.807) is 11.3 Å². The van der Waals surface area contributed by atoms with Crippen molar-refractivity contribution >= 4 is 27.3 Å². The quantitative estimate of drug-likeness (QED) is 0.944. The third-order valence-electron chi connectivity index (χ3n) is 3.09. The highest BCUT2D eigenvalue weighted by molar-refractivity contribution is 9.11. The Morgan fingerprint density at radius 1 is 1.53 bits per heavy atom. The summed E-state index contributed by atoms with van der Waals surface area (Å²) < 4.78 is 3.54. The fraction of sp³-hybridized carbons (Fsp3) is 0.417. The van der Waals surface area contributed by atoms with Crippen LogP contribution in [0.25, 0.3) is 10.6 Å². The molecule has 0 bridgehead atoms. The molecule has 2 aromatic heterocycles. The first-order valence-corrected chi connectivity index (χ1v) is 7.39. The second-order valence-corrected chi connectivity index (χ2v) is 6.68. The van der Waals surface area contributed by atoms with Crippen molar-refractivity contribution in [1.29, 1.82) is 0 Å². The zero-order valence-electron chi connectivity index (χ0n) is 9.66. The Labute approximate surface area is 113 Å². The number of imidazole rings is 1. The summed E-state index contributed by atoms with van der Waals surface area (Å²) in [5, 5.41) is 3.19. The van der Waals surface area contributed by atoms with Crippen molar-refractivity contribution in [3.63, 3.8) is 0 Å². The maximum atomic E-state index is 4.80. The minimum Gasteiger partial charge on any atom is -0.330 e. The number of aromatic nitrogens is 2. The standard InChI is InChI=1S/C12H14BrN3S/c1-14-7-11-15-12(8-3-2-6-16(8)11)9-4-5-10(13)17-9/h4-5,14H,2-3,6-7H2,1H3. The maximum absolute atomic E-state index is 4.80. The molecule has 3 heterocycles. The van der Waals surface area contributed by atoms with E-state index in [9.17, 15) is 0 Å². The van der Waals surface area contributed by atoms with Crippen molar-refractivity contribution in [3.05, 3.63) is 27.4 Å². The van der Waals surface area contributed by atoms with Gasteiger partial charge in [0.15, 0.2) is 0 Å². The summed E-state index contributed by atoms with van der Waals surface area (Å²) >= 11 is 5.28. The van der Waals surface area contributed by atoms with Gasteiger partial charge in [-0.2, -0.15) is 0 Å². The topological polar surface area (TPSA) is 29.9 Å². The van der Waals surface area contributed by atoms with Gasteiger partial charge in [-0.25, -0.2) is 4.98 Å². The molecule has 0 unspecified atom stereocenters. The number of thiophene rings is 1. The second kappa shape index (κ2) is 4.55. The van der Waals surface area contributed by atoms with Gasteiger partial charge in [0.25, 0.3) is 0 Å². The minimum atomic E-state index is 0.847. The van der Waals surface area contributed by atoms with Crippen LogP contribution in [0.3, 0.4) is 0 Å².